The zero-order valence-corrected chi connectivity index (χ0v) is 30.2. The molecule has 0 spiro atoms. The van der Waals surface area contributed by atoms with E-state index in [1.165, 1.54) is 26.8 Å². The molecular formula is C38H41BrO11. The second kappa shape index (κ2) is 13.8. The van der Waals surface area contributed by atoms with Gasteiger partial charge >= 0.3 is 17.9 Å². The van der Waals surface area contributed by atoms with Gasteiger partial charge in [-0.1, -0.05) is 64.0 Å². The summed E-state index contributed by atoms with van der Waals surface area (Å²) in [6.45, 7) is 7.66. The number of fused-ring (bicyclic) bond motifs is 4. The zero-order valence-electron chi connectivity index (χ0n) is 28.6. The predicted octanol–water partition coefficient (Wildman–Crippen LogP) is 5.53. The van der Waals surface area contributed by atoms with Gasteiger partial charge in [0.25, 0.3) is 0 Å². The minimum Gasteiger partial charge on any atom is -0.458 e. The van der Waals surface area contributed by atoms with Crippen LogP contribution in [0.3, 0.4) is 0 Å². The fourth-order valence-electron chi connectivity index (χ4n) is 8.22. The normalized spacial score (nSPS) is 33.3. The lowest BCUT2D eigenvalue weighted by molar-refractivity contribution is -0.204. The molecule has 0 unspecified atom stereocenters. The number of Topliss-reactive ketones (excluding diaryl/α,β-unsaturated/α-hetero) is 2. The Labute approximate surface area is 298 Å². The highest BCUT2D eigenvalue weighted by molar-refractivity contribution is 9.10. The van der Waals surface area contributed by atoms with E-state index in [1.807, 2.05) is 43.3 Å². The van der Waals surface area contributed by atoms with Crippen LogP contribution in [0.15, 0.2) is 54.1 Å². The fourth-order valence-corrected chi connectivity index (χ4v) is 9.43. The fraction of sp³-hybridized carbons (Fsp3) is 0.500. The second-order valence-corrected chi connectivity index (χ2v) is 15.3. The summed E-state index contributed by atoms with van der Waals surface area (Å²) in [5, 5.41) is 11.7. The largest absolute Gasteiger partial charge is 0.458 e. The van der Waals surface area contributed by atoms with E-state index in [-0.39, 0.29) is 36.1 Å². The van der Waals surface area contributed by atoms with Crippen LogP contribution in [0.4, 0.5) is 0 Å². The number of ether oxygens (including phenoxy) is 5. The van der Waals surface area contributed by atoms with Gasteiger partial charge in [-0.3, -0.25) is 24.0 Å². The van der Waals surface area contributed by atoms with Gasteiger partial charge in [-0.2, -0.15) is 0 Å². The molecule has 0 radical (unpaired) electrons. The molecule has 1 N–H and O–H groups in total. The summed E-state index contributed by atoms with van der Waals surface area (Å²) in [6, 6.07) is 12.8. The summed E-state index contributed by atoms with van der Waals surface area (Å²) in [7, 11) is 0. The molecule has 1 heterocycles. The van der Waals surface area contributed by atoms with Crippen LogP contribution in [0.5, 0.6) is 5.75 Å². The van der Waals surface area contributed by atoms with E-state index in [9.17, 15) is 29.1 Å². The average molecular weight is 754 g/mol. The molecular weight excluding hydrogens is 712 g/mol. The van der Waals surface area contributed by atoms with E-state index in [4.69, 9.17) is 23.7 Å². The summed E-state index contributed by atoms with van der Waals surface area (Å²) in [6.07, 6.45) is -1.49. The van der Waals surface area contributed by atoms with Gasteiger partial charge in [0, 0.05) is 56.6 Å². The van der Waals surface area contributed by atoms with Crippen molar-refractivity contribution in [1.82, 2.24) is 0 Å². The highest BCUT2D eigenvalue weighted by Crippen LogP contribution is 2.58. The Kier molecular flexibility index (Phi) is 9.95. The van der Waals surface area contributed by atoms with Crippen LogP contribution in [-0.2, 0) is 39.9 Å². The van der Waals surface area contributed by atoms with Crippen LogP contribution in [-0.4, -0.2) is 68.9 Å². The molecule has 2 fully saturated rings. The summed E-state index contributed by atoms with van der Waals surface area (Å²) in [4.78, 5) is 65.6. The summed E-state index contributed by atoms with van der Waals surface area (Å²) >= 11 is 3.74. The molecule has 0 amide bonds. The van der Waals surface area contributed by atoms with Crippen LogP contribution < -0.4 is 4.74 Å². The van der Waals surface area contributed by atoms with Gasteiger partial charge in [0.15, 0.2) is 17.7 Å². The number of aliphatic hydroxyl groups excluding tert-OH is 1. The van der Waals surface area contributed by atoms with Crippen LogP contribution in [0, 0.1) is 11.8 Å². The minimum atomic E-state index is -1.44. The molecule has 0 bridgehead atoms. The number of allylic oxidation sites excluding steroid dienone is 1. The van der Waals surface area contributed by atoms with E-state index in [2.05, 4.69) is 15.9 Å². The number of carbonyl (C=O) groups excluding carboxylic acids is 5. The first kappa shape index (κ1) is 36.1. The van der Waals surface area contributed by atoms with Crippen molar-refractivity contribution in [3.63, 3.8) is 0 Å². The van der Waals surface area contributed by atoms with Gasteiger partial charge in [0.2, 0.25) is 0 Å². The third-order valence-corrected chi connectivity index (χ3v) is 11.6. The first-order valence-electron chi connectivity index (χ1n) is 16.8. The summed E-state index contributed by atoms with van der Waals surface area (Å²) in [5.41, 5.74) is 1.49. The van der Waals surface area contributed by atoms with Gasteiger partial charge in [-0.25, -0.2) is 0 Å². The molecule has 11 nitrogen and oxygen atoms in total. The Hall–Kier alpha value is -3.71. The summed E-state index contributed by atoms with van der Waals surface area (Å²) < 4.78 is 27.8. The molecule has 6 rings (SSSR count). The highest BCUT2D eigenvalue weighted by atomic mass is 79.9. The first-order chi connectivity index (χ1) is 23.6. The molecule has 4 aliphatic rings. The maximum absolute atomic E-state index is 14.6. The number of rotatable bonds is 7. The van der Waals surface area contributed by atoms with Crippen LogP contribution in [0.25, 0.3) is 0 Å². The Morgan fingerprint density at radius 1 is 1.00 bits per heavy atom. The number of alkyl halides is 1. The lowest BCUT2D eigenvalue weighted by Crippen LogP contribution is -2.61. The van der Waals surface area contributed by atoms with Gasteiger partial charge in [-0.15, -0.1) is 0 Å². The molecule has 50 heavy (non-hydrogen) atoms. The Bertz CT molecular complexity index is 1750. The molecule has 266 valence electrons. The molecule has 9 atom stereocenters. The van der Waals surface area contributed by atoms with Crippen molar-refractivity contribution < 1.29 is 52.8 Å². The lowest BCUT2D eigenvalue weighted by Gasteiger charge is -2.53. The van der Waals surface area contributed by atoms with Crippen molar-refractivity contribution in [3.05, 3.63) is 76.4 Å². The Morgan fingerprint density at radius 2 is 1.70 bits per heavy atom. The highest BCUT2D eigenvalue weighted by Gasteiger charge is 2.63. The maximum atomic E-state index is 14.6. The number of hydrogen-bond acceptors (Lipinski definition) is 11. The molecule has 1 saturated carbocycles. The van der Waals surface area contributed by atoms with E-state index in [0.717, 1.165) is 11.1 Å². The zero-order chi connectivity index (χ0) is 36.1. The number of carbonyl (C=O) groups is 5. The van der Waals surface area contributed by atoms with Crippen LogP contribution >= 0.6 is 15.9 Å². The lowest BCUT2D eigenvalue weighted by atomic mass is 9.57. The van der Waals surface area contributed by atoms with E-state index < -0.39 is 81.8 Å². The first-order valence-corrected chi connectivity index (χ1v) is 17.6. The molecule has 12 heteroatoms. The number of benzene rings is 2. The average Bonchev–Trinajstić information content (AvgIpc) is 3.03. The number of hydrogen-bond donors (Lipinski definition) is 1. The van der Waals surface area contributed by atoms with Crippen LogP contribution in [0.2, 0.25) is 0 Å². The third kappa shape index (κ3) is 6.58. The van der Waals surface area contributed by atoms with Crippen LogP contribution in [0.1, 0.15) is 98.2 Å². The molecule has 2 aromatic rings. The monoisotopic (exact) mass is 752 g/mol. The Balaban J connectivity index is 1.34. The van der Waals surface area contributed by atoms with E-state index in [1.54, 1.807) is 13.0 Å². The van der Waals surface area contributed by atoms with E-state index >= 15 is 0 Å². The standard InChI is InChI=1S/C38H41BrO11/c1-19-34(49-21(3)41)30(48-20(2)40)15-29(47-19)25-12-13-26-31(35(25)50-22(4)42)33(44)27-14-11-24-16-37(5,46-18-23-9-7-6-8-10-23)17-28(43)32(24)38(27,39)36(26)45/h6-13,19,27-30,32,34,43H,14-18H2,1-5H3/t19-,27+,28-,29-,30-,32-,34-,37-,38+/m1/s1. The van der Waals surface area contributed by atoms with Crippen molar-refractivity contribution in [2.75, 3.05) is 0 Å². The number of ketones is 2. The summed E-state index contributed by atoms with van der Waals surface area (Å²) in [5.74, 6) is -4.38. The SMILES string of the molecule is CC(=O)Oc1c([C@H]2C[C@@H](OC(C)=O)[C@H](OC(C)=O)[C@@H](C)O2)ccc2c1C(=O)[C@@H]1CC=C3C[C@@](C)(OCc4ccccc4)C[C@@H](O)[C@@H]3[C@]1(Br)C2=O. The molecule has 1 aliphatic heterocycles. The Morgan fingerprint density at radius 3 is 2.36 bits per heavy atom. The molecule has 3 aliphatic carbocycles. The van der Waals surface area contributed by atoms with Crippen molar-refractivity contribution in [1.29, 1.82) is 0 Å². The van der Waals surface area contributed by atoms with Crippen molar-refractivity contribution >= 4 is 45.4 Å². The smallest absolute Gasteiger partial charge is 0.308 e. The van der Waals surface area contributed by atoms with E-state index in [0.29, 0.717) is 18.6 Å². The maximum Gasteiger partial charge on any atom is 0.308 e. The van der Waals surface area contributed by atoms with Gasteiger partial charge in [-0.05, 0) is 38.3 Å². The molecule has 0 aromatic heterocycles. The number of esters is 3. The predicted molar refractivity (Wildman–Crippen MR) is 182 cm³/mol. The van der Waals surface area contributed by atoms with Gasteiger partial charge in [0.05, 0.1) is 36.1 Å². The van der Waals surface area contributed by atoms with Gasteiger partial charge in [0.1, 0.15) is 16.2 Å². The van der Waals surface area contributed by atoms with Crippen molar-refractivity contribution in [2.45, 2.75) is 107 Å². The minimum absolute atomic E-state index is 0.0222. The topological polar surface area (TPSA) is 152 Å². The third-order valence-electron chi connectivity index (χ3n) is 10.2. The molecule has 1 saturated heterocycles. The quantitative estimate of drug-likeness (QED) is 0.165. The van der Waals surface area contributed by atoms with Gasteiger partial charge < -0.3 is 28.8 Å². The number of aliphatic hydroxyl groups is 1. The van der Waals surface area contributed by atoms with Crippen molar-refractivity contribution in [3.8, 4) is 5.75 Å². The molecule has 2 aromatic carbocycles. The second-order valence-electron chi connectivity index (χ2n) is 14.0. The van der Waals surface area contributed by atoms with Crippen molar-refractivity contribution in [2.24, 2.45) is 11.8 Å². The number of halogens is 1.